The fraction of sp³-hybridized carbons (Fsp3) is 0.0909. The lowest BCUT2D eigenvalue weighted by atomic mass is 9.87. The van der Waals surface area contributed by atoms with Gasteiger partial charge in [0.1, 0.15) is 0 Å². The number of hydrogen-bond donors (Lipinski definition) is 0. The summed E-state index contributed by atoms with van der Waals surface area (Å²) in [5.41, 5.74) is 6.77. The van der Waals surface area contributed by atoms with Crippen LogP contribution in [0.4, 0.5) is 0 Å². The topological polar surface area (TPSA) is 30.7 Å². The molecule has 0 radical (unpaired) electrons. The first-order valence-corrected chi connectivity index (χ1v) is 9.55. The molecule has 0 aliphatic heterocycles. The predicted octanol–water partition coefficient (Wildman–Crippen LogP) is 6.01. The fourth-order valence-corrected chi connectivity index (χ4v) is 4.01. The Morgan fingerprint density at radius 3 is 2.52 bits per heavy atom. The van der Waals surface area contributed by atoms with E-state index >= 15 is 0 Å². The van der Waals surface area contributed by atoms with Crippen LogP contribution in [0, 0.1) is 0 Å². The van der Waals surface area contributed by atoms with Crippen LogP contribution in [0.3, 0.4) is 0 Å². The third-order valence-corrected chi connectivity index (χ3v) is 5.67. The molecule has 0 unspecified atom stereocenters. The van der Waals surface area contributed by atoms with Crippen molar-refractivity contribution in [3.8, 4) is 28.2 Å². The molecule has 27 heavy (non-hydrogen) atoms. The van der Waals surface area contributed by atoms with E-state index in [9.17, 15) is 0 Å². The maximum Gasteiger partial charge on any atom is 0.154 e. The molecule has 1 aliphatic carbocycles. The van der Waals surface area contributed by atoms with Crippen molar-refractivity contribution in [1.82, 2.24) is 14.8 Å². The summed E-state index contributed by atoms with van der Waals surface area (Å²) >= 11 is 12.5. The highest BCUT2D eigenvalue weighted by Gasteiger charge is 2.26. The Kier molecular flexibility index (Phi) is 4.00. The molecule has 0 N–H and O–H groups in total. The summed E-state index contributed by atoms with van der Waals surface area (Å²) in [7, 11) is 0. The van der Waals surface area contributed by atoms with Gasteiger partial charge >= 0.3 is 0 Å². The minimum atomic E-state index is 0.529. The van der Waals surface area contributed by atoms with Crippen LogP contribution >= 0.6 is 23.2 Å². The Morgan fingerprint density at radius 2 is 1.70 bits per heavy atom. The molecule has 0 spiro atoms. The Bertz CT molecular complexity index is 1150. The van der Waals surface area contributed by atoms with Crippen LogP contribution < -0.4 is 0 Å². The molecule has 2 heterocycles. The molecule has 2 aromatic carbocycles. The van der Waals surface area contributed by atoms with Crippen LogP contribution in [0.1, 0.15) is 11.3 Å². The number of aromatic nitrogens is 3. The van der Waals surface area contributed by atoms with Crippen molar-refractivity contribution in [2.45, 2.75) is 12.8 Å². The lowest BCUT2D eigenvalue weighted by Crippen LogP contribution is -2.03. The number of benzene rings is 2. The molecular weight excluding hydrogens is 377 g/mol. The molecule has 3 nitrogen and oxygen atoms in total. The number of pyridine rings is 1. The monoisotopic (exact) mass is 391 g/mol. The first-order chi connectivity index (χ1) is 13.2. The first kappa shape index (κ1) is 16.5. The predicted molar refractivity (Wildman–Crippen MR) is 110 cm³/mol. The molecule has 5 heteroatoms. The second-order valence-corrected chi connectivity index (χ2v) is 7.37. The third-order valence-electron chi connectivity index (χ3n) is 4.94. The van der Waals surface area contributed by atoms with E-state index < -0.39 is 0 Å². The van der Waals surface area contributed by atoms with E-state index in [0.29, 0.717) is 10.0 Å². The Morgan fingerprint density at radius 1 is 0.852 bits per heavy atom. The SMILES string of the molecule is Clc1ccc(-c2c3c(nn2-c2ccccn2)CCc2ccccc2-3)cc1Cl. The van der Waals surface area contributed by atoms with E-state index in [-0.39, 0.29) is 0 Å². The zero-order valence-electron chi connectivity index (χ0n) is 14.4. The average molecular weight is 392 g/mol. The van der Waals surface area contributed by atoms with Gasteiger partial charge in [0.15, 0.2) is 5.82 Å². The van der Waals surface area contributed by atoms with Crippen molar-refractivity contribution in [2.24, 2.45) is 0 Å². The zero-order valence-corrected chi connectivity index (χ0v) is 15.9. The zero-order chi connectivity index (χ0) is 18.4. The molecule has 4 aromatic rings. The quantitative estimate of drug-likeness (QED) is 0.419. The minimum absolute atomic E-state index is 0.529. The fourth-order valence-electron chi connectivity index (χ4n) is 3.71. The van der Waals surface area contributed by atoms with E-state index in [1.807, 2.05) is 41.1 Å². The number of nitrogens with zero attached hydrogens (tertiary/aromatic N) is 3. The largest absolute Gasteiger partial charge is 0.237 e. The smallest absolute Gasteiger partial charge is 0.154 e. The van der Waals surface area contributed by atoms with Gasteiger partial charge in [0.2, 0.25) is 0 Å². The van der Waals surface area contributed by atoms with E-state index in [1.54, 1.807) is 6.20 Å². The number of rotatable bonds is 2. The van der Waals surface area contributed by atoms with Gasteiger partial charge in [-0.3, -0.25) is 0 Å². The Hall–Kier alpha value is -2.62. The molecule has 0 saturated heterocycles. The summed E-state index contributed by atoms with van der Waals surface area (Å²) in [6, 6.07) is 20.1. The van der Waals surface area contributed by atoms with E-state index in [4.69, 9.17) is 28.3 Å². The van der Waals surface area contributed by atoms with E-state index in [0.717, 1.165) is 41.2 Å². The minimum Gasteiger partial charge on any atom is -0.237 e. The highest BCUT2D eigenvalue weighted by atomic mass is 35.5. The second kappa shape index (κ2) is 6.52. The van der Waals surface area contributed by atoms with Gasteiger partial charge in [-0.1, -0.05) is 59.6 Å². The van der Waals surface area contributed by atoms with Crippen molar-refractivity contribution in [3.63, 3.8) is 0 Å². The molecule has 0 saturated carbocycles. The van der Waals surface area contributed by atoms with Gasteiger partial charge in [0, 0.05) is 17.3 Å². The van der Waals surface area contributed by atoms with Gasteiger partial charge < -0.3 is 0 Å². The van der Waals surface area contributed by atoms with Crippen molar-refractivity contribution in [3.05, 3.63) is 88.2 Å². The lowest BCUT2D eigenvalue weighted by molar-refractivity contribution is 0.800. The molecule has 0 bridgehead atoms. The van der Waals surface area contributed by atoms with Crippen LogP contribution in [0.2, 0.25) is 10.0 Å². The second-order valence-electron chi connectivity index (χ2n) is 6.56. The van der Waals surface area contributed by atoms with Crippen LogP contribution in [-0.4, -0.2) is 14.8 Å². The van der Waals surface area contributed by atoms with E-state index in [1.165, 1.54) is 11.1 Å². The van der Waals surface area contributed by atoms with Crippen LogP contribution in [0.25, 0.3) is 28.2 Å². The number of halogens is 2. The molecular formula is C22H15Cl2N3. The van der Waals surface area contributed by atoms with Crippen LogP contribution in [-0.2, 0) is 12.8 Å². The Balaban J connectivity index is 1.84. The first-order valence-electron chi connectivity index (χ1n) is 8.79. The highest BCUT2D eigenvalue weighted by molar-refractivity contribution is 6.42. The maximum absolute atomic E-state index is 6.34. The van der Waals surface area contributed by atoms with Crippen LogP contribution in [0.5, 0.6) is 0 Å². The van der Waals surface area contributed by atoms with Gasteiger partial charge in [-0.15, -0.1) is 0 Å². The molecule has 2 aromatic heterocycles. The summed E-state index contributed by atoms with van der Waals surface area (Å²) in [5, 5.41) is 6.00. The van der Waals surface area contributed by atoms with Crippen molar-refractivity contribution >= 4 is 23.2 Å². The molecule has 132 valence electrons. The molecule has 0 fully saturated rings. The summed E-state index contributed by atoms with van der Waals surface area (Å²) in [4.78, 5) is 4.52. The summed E-state index contributed by atoms with van der Waals surface area (Å²) in [6.45, 7) is 0. The molecule has 5 rings (SSSR count). The lowest BCUT2D eigenvalue weighted by Gasteiger charge is -2.17. The maximum atomic E-state index is 6.34. The van der Waals surface area contributed by atoms with Crippen molar-refractivity contribution < 1.29 is 0 Å². The average Bonchev–Trinajstić information content (AvgIpc) is 3.11. The van der Waals surface area contributed by atoms with Gasteiger partial charge in [0.05, 0.1) is 21.4 Å². The van der Waals surface area contributed by atoms with Crippen molar-refractivity contribution in [1.29, 1.82) is 0 Å². The van der Waals surface area contributed by atoms with Gasteiger partial charge in [-0.2, -0.15) is 5.10 Å². The molecule has 1 aliphatic rings. The third kappa shape index (κ3) is 2.75. The standard InChI is InChI=1S/C22H15Cl2N3/c23-17-10-8-15(13-18(17)24)22-21-16-6-2-1-5-14(16)9-11-19(21)26-27(22)20-7-3-4-12-25-20/h1-8,10,12-13H,9,11H2. The van der Waals surface area contributed by atoms with Gasteiger partial charge in [-0.25, -0.2) is 9.67 Å². The normalized spacial score (nSPS) is 12.5. The van der Waals surface area contributed by atoms with E-state index in [2.05, 4.69) is 29.2 Å². The summed E-state index contributed by atoms with van der Waals surface area (Å²) in [5.74, 6) is 0.783. The van der Waals surface area contributed by atoms with Gasteiger partial charge in [-0.05, 0) is 48.2 Å². The van der Waals surface area contributed by atoms with Crippen molar-refractivity contribution in [2.75, 3.05) is 0 Å². The number of hydrogen-bond acceptors (Lipinski definition) is 2. The van der Waals surface area contributed by atoms with Gasteiger partial charge in [0.25, 0.3) is 0 Å². The van der Waals surface area contributed by atoms with Crippen LogP contribution in [0.15, 0.2) is 66.9 Å². The highest BCUT2D eigenvalue weighted by Crippen LogP contribution is 2.42. The number of fused-ring (bicyclic) bond motifs is 3. The summed E-state index contributed by atoms with van der Waals surface area (Å²) in [6.07, 6.45) is 3.67. The Labute approximate surface area is 167 Å². The number of aryl methyl sites for hydroxylation is 2. The summed E-state index contributed by atoms with van der Waals surface area (Å²) < 4.78 is 1.92. The molecule has 0 amide bonds. The molecule has 0 atom stereocenters.